The summed E-state index contributed by atoms with van der Waals surface area (Å²) in [5.74, 6) is -0.923. The number of aromatic amines is 1. The molecule has 0 saturated heterocycles. The Bertz CT molecular complexity index is 962. The molecular weight excluding hydrogens is 366 g/mol. The topological polar surface area (TPSA) is 91.8 Å². The lowest BCUT2D eigenvalue weighted by Gasteiger charge is -2.04. The molecule has 2 heterocycles. The molecule has 2 amide bonds. The largest absolute Gasteiger partial charge is 0.357 e. The lowest BCUT2D eigenvalue weighted by molar-refractivity contribution is -0.117. The quantitative estimate of drug-likeness (QED) is 0.467. The van der Waals surface area contributed by atoms with Crippen LogP contribution in [0.15, 0.2) is 54.7 Å². The molecule has 0 fully saturated rings. The van der Waals surface area contributed by atoms with Crippen molar-refractivity contribution >= 4 is 29.5 Å². The van der Waals surface area contributed by atoms with Crippen LogP contribution in [0.5, 0.6) is 0 Å². The highest BCUT2D eigenvalue weighted by atomic mass is 35.5. The minimum Gasteiger partial charge on any atom is -0.357 e. The van der Waals surface area contributed by atoms with Gasteiger partial charge in [-0.15, -0.1) is 0 Å². The molecule has 27 heavy (non-hydrogen) atoms. The summed E-state index contributed by atoms with van der Waals surface area (Å²) in [6, 6.07) is 13.1. The van der Waals surface area contributed by atoms with Crippen LogP contribution in [0.25, 0.3) is 6.08 Å². The molecule has 0 spiro atoms. The van der Waals surface area contributed by atoms with Gasteiger partial charge in [-0.3, -0.25) is 20.4 Å². The van der Waals surface area contributed by atoms with Crippen molar-refractivity contribution in [3.05, 3.63) is 82.4 Å². The number of benzene rings is 1. The van der Waals surface area contributed by atoms with Crippen molar-refractivity contribution in [2.24, 2.45) is 0 Å². The number of H-pyrrole nitrogens is 1. The minimum absolute atomic E-state index is 0.348. The monoisotopic (exact) mass is 383 g/mol. The van der Waals surface area contributed by atoms with E-state index in [1.54, 1.807) is 29.1 Å². The molecule has 138 valence electrons. The van der Waals surface area contributed by atoms with Gasteiger partial charge in [0.05, 0.1) is 12.2 Å². The van der Waals surface area contributed by atoms with Gasteiger partial charge < -0.3 is 4.98 Å². The Hall–Kier alpha value is -3.32. The summed E-state index contributed by atoms with van der Waals surface area (Å²) in [4.78, 5) is 26.4. The molecule has 0 bridgehead atoms. The molecule has 3 aromatic rings. The van der Waals surface area contributed by atoms with Crippen LogP contribution in [0.3, 0.4) is 0 Å². The zero-order valence-electron chi connectivity index (χ0n) is 14.6. The normalized spacial score (nSPS) is 10.9. The molecule has 0 aliphatic carbocycles. The van der Waals surface area contributed by atoms with Gasteiger partial charge in [-0.1, -0.05) is 41.9 Å². The molecule has 8 heteroatoms. The first-order chi connectivity index (χ1) is 13.0. The summed E-state index contributed by atoms with van der Waals surface area (Å²) in [6.07, 6.45) is 4.48. The fourth-order valence-corrected chi connectivity index (χ4v) is 2.77. The lowest BCUT2D eigenvalue weighted by atomic mass is 10.2. The van der Waals surface area contributed by atoms with E-state index in [0.717, 1.165) is 5.56 Å². The average molecular weight is 384 g/mol. The molecule has 0 saturated carbocycles. The number of hydrazine groups is 1. The summed E-state index contributed by atoms with van der Waals surface area (Å²) in [5.41, 5.74) is 7.40. The van der Waals surface area contributed by atoms with E-state index in [-0.39, 0.29) is 0 Å². The second kappa shape index (κ2) is 8.37. The number of halogens is 1. The van der Waals surface area contributed by atoms with Crippen LogP contribution < -0.4 is 10.9 Å². The van der Waals surface area contributed by atoms with E-state index in [4.69, 9.17) is 11.6 Å². The van der Waals surface area contributed by atoms with E-state index in [1.807, 2.05) is 37.3 Å². The van der Waals surface area contributed by atoms with Gasteiger partial charge in [0.2, 0.25) is 0 Å². The zero-order valence-corrected chi connectivity index (χ0v) is 15.3. The van der Waals surface area contributed by atoms with E-state index < -0.39 is 11.8 Å². The molecule has 0 radical (unpaired) electrons. The lowest BCUT2D eigenvalue weighted by Crippen LogP contribution is -2.40. The Labute approximate surface area is 161 Å². The summed E-state index contributed by atoms with van der Waals surface area (Å²) >= 11 is 6.40. The van der Waals surface area contributed by atoms with Crippen molar-refractivity contribution in [1.29, 1.82) is 0 Å². The summed E-state index contributed by atoms with van der Waals surface area (Å²) < 4.78 is 1.68. The van der Waals surface area contributed by atoms with Gasteiger partial charge >= 0.3 is 0 Å². The number of nitrogens with zero attached hydrogens (tertiary/aromatic N) is 2. The van der Waals surface area contributed by atoms with Crippen molar-refractivity contribution in [2.45, 2.75) is 13.5 Å². The van der Waals surface area contributed by atoms with Gasteiger partial charge in [0.1, 0.15) is 10.8 Å². The SMILES string of the molecule is Cc1nn(Cc2ccccc2)c(Cl)c1C=CC(=O)NNC(=O)c1ccc[nH]1. The number of aromatic nitrogens is 3. The Kier molecular flexibility index (Phi) is 5.73. The third-order valence-corrected chi connectivity index (χ3v) is 4.23. The van der Waals surface area contributed by atoms with Crippen LogP contribution >= 0.6 is 11.6 Å². The van der Waals surface area contributed by atoms with Crippen molar-refractivity contribution in [3.8, 4) is 0 Å². The Morgan fingerprint density at radius 2 is 1.96 bits per heavy atom. The predicted octanol–water partition coefficient (Wildman–Crippen LogP) is 2.70. The molecule has 0 unspecified atom stereocenters. The molecule has 7 nitrogen and oxygen atoms in total. The first-order valence-electron chi connectivity index (χ1n) is 8.23. The molecular formula is C19H18ClN5O2. The van der Waals surface area contributed by atoms with Gasteiger partial charge in [-0.25, -0.2) is 4.68 Å². The average Bonchev–Trinajstić information content (AvgIpc) is 3.29. The van der Waals surface area contributed by atoms with E-state index in [2.05, 4.69) is 20.9 Å². The summed E-state index contributed by atoms with van der Waals surface area (Å²) in [5, 5.41) is 4.86. The smallest absolute Gasteiger partial charge is 0.286 e. The second-order valence-corrected chi connectivity index (χ2v) is 6.15. The van der Waals surface area contributed by atoms with E-state index in [0.29, 0.717) is 28.6 Å². The fraction of sp³-hybridized carbons (Fsp3) is 0.105. The number of amides is 2. The number of hydrogen-bond donors (Lipinski definition) is 3. The second-order valence-electron chi connectivity index (χ2n) is 5.79. The van der Waals surface area contributed by atoms with Crippen molar-refractivity contribution in [2.75, 3.05) is 0 Å². The predicted molar refractivity (Wildman–Crippen MR) is 103 cm³/mol. The fourth-order valence-electron chi connectivity index (χ4n) is 2.48. The molecule has 0 aliphatic heterocycles. The van der Waals surface area contributed by atoms with Gasteiger partial charge in [0.25, 0.3) is 11.8 Å². The first-order valence-corrected chi connectivity index (χ1v) is 8.61. The maximum Gasteiger partial charge on any atom is 0.286 e. The summed E-state index contributed by atoms with van der Waals surface area (Å²) in [7, 11) is 0. The van der Waals surface area contributed by atoms with Gasteiger partial charge in [0.15, 0.2) is 0 Å². The molecule has 3 rings (SSSR count). The van der Waals surface area contributed by atoms with Crippen LogP contribution in [0.1, 0.15) is 27.3 Å². The van der Waals surface area contributed by atoms with Gasteiger partial charge in [-0.2, -0.15) is 5.10 Å². The third-order valence-electron chi connectivity index (χ3n) is 3.83. The molecule has 2 aromatic heterocycles. The van der Waals surface area contributed by atoms with Gasteiger partial charge in [-0.05, 0) is 30.7 Å². The van der Waals surface area contributed by atoms with Gasteiger partial charge in [0, 0.05) is 17.8 Å². The third kappa shape index (κ3) is 4.65. The number of nitrogens with one attached hydrogen (secondary N) is 3. The number of aryl methyl sites for hydroxylation is 1. The first kappa shape index (κ1) is 18.5. The van der Waals surface area contributed by atoms with E-state index in [1.165, 1.54) is 6.08 Å². The summed E-state index contributed by atoms with van der Waals surface area (Å²) in [6.45, 7) is 2.35. The van der Waals surface area contributed by atoms with Crippen LogP contribution in [0.2, 0.25) is 5.15 Å². The van der Waals surface area contributed by atoms with E-state index >= 15 is 0 Å². The zero-order chi connectivity index (χ0) is 19.2. The Morgan fingerprint density at radius 1 is 1.19 bits per heavy atom. The molecule has 0 aliphatic rings. The number of rotatable bonds is 5. The maximum absolute atomic E-state index is 11.9. The number of carbonyl (C=O) groups excluding carboxylic acids is 2. The molecule has 1 aromatic carbocycles. The highest BCUT2D eigenvalue weighted by molar-refractivity contribution is 6.31. The Morgan fingerprint density at radius 3 is 2.67 bits per heavy atom. The molecule has 0 atom stereocenters. The standard InChI is InChI=1S/C19H18ClN5O2/c1-13-15(18(20)25(24-13)12-14-6-3-2-4-7-14)9-10-17(26)22-23-19(27)16-8-5-11-21-16/h2-11,21H,12H2,1H3,(H,22,26)(H,23,27). The maximum atomic E-state index is 11.9. The number of hydrogen-bond acceptors (Lipinski definition) is 3. The van der Waals surface area contributed by atoms with Crippen molar-refractivity contribution < 1.29 is 9.59 Å². The van der Waals surface area contributed by atoms with Crippen LogP contribution in [-0.4, -0.2) is 26.6 Å². The van der Waals surface area contributed by atoms with Crippen molar-refractivity contribution in [1.82, 2.24) is 25.6 Å². The van der Waals surface area contributed by atoms with Crippen LogP contribution in [0, 0.1) is 6.92 Å². The van der Waals surface area contributed by atoms with Crippen LogP contribution in [-0.2, 0) is 11.3 Å². The molecule has 3 N–H and O–H groups in total. The minimum atomic E-state index is -0.485. The highest BCUT2D eigenvalue weighted by Gasteiger charge is 2.12. The van der Waals surface area contributed by atoms with Crippen molar-refractivity contribution in [3.63, 3.8) is 0 Å². The Balaban J connectivity index is 1.62. The van der Waals surface area contributed by atoms with E-state index in [9.17, 15) is 9.59 Å². The van der Waals surface area contributed by atoms with Crippen LogP contribution in [0.4, 0.5) is 0 Å². The number of carbonyl (C=O) groups is 2. The highest BCUT2D eigenvalue weighted by Crippen LogP contribution is 2.22.